The zero-order valence-corrected chi connectivity index (χ0v) is 21.6. The van der Waals surface area contributed by atoms with Crippen LogP contribution in [0, 0.1) is 5.92 Å². The van der Waals surface area contributed by atoms with E-state index in [4.69, 9.17) is 21.1 Å². The summed E-state index contributed by atoms with van der Waals surface area (Å²) in [5, 5.41) is 2.74. The van der Waals surface area contributed by atoms with Gasteiger partial charge in [0.1, 0.15) is 12.4 Å². The van der Waals surface area contributed by atoms with Gasteiger partial charge in [-0.2, -0.15) is 0 Å². The third kappa shape index (κ3) is 5.84. The molecule has 3 aliphatic rings. The van der Waals surface area contributed by atoms with E-state index in [9.17, 15) is 9.59 Å². The molecule has 1 saturated carbocycles. The van der Waals surface area contributed by atoms with Crippen molar-refractivity contribution < 1.29 is 19.1 Å². The highest BCUT2D eigenvalue weighted by molar-refractivity contribution is 7.10. The van der Waals surface area contributed by atoms with Gasteiger partial charge < -0.3 is 19.3 Å². The molecule has 0 N–H and O–H groups in total. The minimum absolute atomic E-state index is 0.0177. The molecule has 188 valence electrons. The van der Waals surface area contributed by atoms with E-state index in [2.05, 4.69) is 11.4 Å². The van der Waals surface area contributed by atoms with Crippen molar-refractivity contribution in [3.8, 4) is 5.75 Å². The normalized spacial score (nSPS) is 22.3. The van der Waals surface area contributed by atoms with Crippen molar-refractivity contribution in [1.82, 2.24) is 9.80 Å². The first kappa shape index (κ1) is 24.6. The fourth-order valence-electron chi connectivity index (χ4n) is 5.53. The van der Waals surface area contributed by atoms with E-state index in [1.165, 1.54) is 4.88 Å². The van der Waals surface area contributed by atoms with Crippen LogP contribution >= 0.6 is 22.9 Å². The fourth-order valence-corrected chi connectivity index (χ4v) is 6.59. The Bertz CT molecular complexity index is 1010. The number of fused-ring (bicyclic) bond motifs is 1. The number of carbonyl (C=O) groups is 2. The summed E-state index contributed by atoms with van der Waals surface area (Å²) in [5.41, 5.74) is 1.15. The summed E-state index contributed by atoms with van der Waals surface area (Å²) in [6.07, 6.45) is 6.86. The number of halogens is 1. The van der Waals surface area contributed by atoms with Gasteiger partial charge in [-0.15, -0.1) is 11.3 Å². The Morgan fingerprint density at radius 1 is 1.11 bits per heavy atom. The predicted octanol–water partition coefficient (Wildman–Crippen LogP) is 5.10. The highest BCUT2D eigenvalue weighted by Crippen LogP contribution is 2.34. The van der Waals surface area contributed by atoms with Crippen LogP contribution in [0.1, 0.15) is 55.0 Å². The van der Waals surface area contributed by atoms with Gasteiger partial charge in [-0.1, -0.05) is 24.4 Å². The highest BCUT2D eigenvalue weighted by atomic mass is 35.5. The smallest absolute Gasteiger partial charge is 0.242 e. The van der Waals surface area contributed by atoms with Crippen LogP contribution in [-0.2, 0) is 20.7 Å². The van der Waals surface area contributed by atoms with Crippen LogP contribution in [0.25, 0.3) is 0 Å². The average molecular weight is 517 g/mol. The Labute approximate surface area is 216 Å². The highest BCUT2D eigenvalue weighted by Gasteiger charge is 2.36. The van der Waals surface area contributed by atoms with Gasteiger partial charge in [-0.05, 0) is 73.4 Å². The van der Waals surface area contributed by atoms with Crippen molar-refractivity contribution in [3.63, 3.8) is 0 Å². The number of nitrogens with zero attached hydrogens (tertiary/aromatic N) is 2. The van der Waals surface area contributed by atoms with Crippen LogP contribution in [0.5, 0.6) is 5.75 Å². The number of benzene rings is 1. The van der Waals surface area contributed by atoms with Gasteiger partial charge in [0, 0.05) is 35.5 Å². The van der Waals surface area contributed by atoms with Gasteiger partial charge in [0.2, 0.25) is 11.8 Å². The lowest BCUT2D eigenvalue weighted by Crippen LogP contribution is -2.50. The monoisotopic (exact) mass is 516 g/mol. The maximum Gasteiger partial charge on any atom is 0.242 e. The molecule has 2 atom stereocenters. The zero-order chi connectivity index (χ0) is 24.2. The minimum atomic E-state index is -0.181. The number of carbonyl (C=O) groups excluding carboxylic acids is 2. The van der Waals surface area contributed by atoms with E-state index >= 15 is 0 Å². The Morgan fingerprint density at radius 2 is 1.91 bits per heavy atom. The van der Waals surface area contributed by atoms with Crippen molar-refractivity contribution in [2.24, 2.45) is 5.92 Å². The molecule has 5 rings (SSSR count). The molecule has 0 bridgehead atoms. The number of amides is 2. The van der Waals surface area contributed by atoms with Crippen LogP contribution in [-0.4, -0.2) is 60.6 Å². The molecule has 6 nitrogen and oxygen atoms in total. The van der Waals surface area contributed by atoms with Gasteiger partial charge in [0.25, 0.3) is 0 Å². The van der Waals surface area contributed by atoms with E-state index in [0.717, 1.165) is 62.9 Å². The number of ether oxygens (including phenoxy) is 2. The van der Waals surface area contributed by atoms with Crippen molar-refractivity contribution >= 4 is 34.8 Å². The topological polar surface area (TPSA) is 59.1 Å². The fraction of sp³-hybridized carbons (Fsp3) is 0.556. The molecule has 35 heavy (non-hydrogen) atoms. The molecule has 0 unspecified atom stereocenters. The maximum absolute atomic E-state index is 13.7. The molecule has 2 fully saturated rings. The molecule has 1 aromatic carbocycles. The van der Waals surface area contributed by atoms with Gasteiger partial charge in [0.15, 0.2) is 0 Å². The second kappa shape index (κ2) is 11.3. The summed E-state index contributed by atoms with van der Waals surface area (Å²) in [4.78, 5) is 32.1. The molecule has 2 amide bonds. The molecule has 8 heteroatoms. The lowest BCUT2D eigenvalue weighted by atomic mass is 10.00. The standard InChI is InChI=1S/C27H33ClN2O4S/c28-20-7-9-21(10-8-20)34-18-24-23-12-15-35-25(23)11-13-30(24)26(31)17-29(16-22-6-3-14-33-22)27(32)19-4-1-2-5-19/h7-10,12,15,19,22,24H,1-6,11,13-14,16-18H2/t22-,24-/m1/s1. The molecular weight excluding hydrogens is 484 g/mol. The largest absolute Gasteiger partial charge is 0.491 e. The molecule has 0 spiro atoms. The number of hydrogen-bond acceptors (Lipinski definition) is 5. The first-order valence-electron chi connectivity index (χ1n) is 12.7. The summed E-state index contributed by atoms with van der Waals surface area (Å²) in [7, 11) is 0. The average Bonchev–Trinajstić information content (AvgIpc) is 3.65. The van der Waals surface area contributed by atoms with Crippen LogP contribution < -0.4 is 4.74 Å². The van der Waals surface area contributed by atoms with E-state index in [-0.39, 0.29) is 36.4 Å². The quantitative estimate of drug-likeness (QED) is 0.489. The second-order valence-electron chi connectivity index (χ2n) is 9.75. The van der Waals surface area contributed by atoms with Gasteiger partial charge in [-0.3, -0.25) is 9.59 Å². The molecule has 1 aliphatic carbocycles. The van der Waals surface area contributed by atoms with Gasteiger partial charge in [0.05, 0.1) is 18.7 Å². The molecule has 1 aromatic heterocycles. The van der Waals surface area contributed by atoms with Crippen molar-refractivity contribution in [1.29, 1.82) is 0 Å². The van der Waals surface area contributed by atoms with E-state index in [1.54, 1.807) is 28.4 Å². The Morgan fingerprint density at radius 3 is 2.66 bits per heavy atom. The molecule has 2 aromatic rings. The minimum Gasteiger partial charge on any atom is -0.491 e. The van der Waals surface area contributed by atoms with Crippen molar-refractivity contribution in [3.05, 3.63) is 51.2 Å². The Kier molecular flexibility index (Phi) is 7.95. The van der Waals surface area contributed by atoms with Crippen LogP contribution in [0.2, 0.25) is 5.02 Å². The first-order valence-corrected chi connectivity index (χ1v) is 14.0. The van der Waals surface area contributed by atoms with Gasteiger partial charge >= 0.3 is 0 Å². The van der Waals surface area contributed by atoms with Crippen LogP contribution in [0.3, 0.4) is 0 Å². The molecule has 3 heterocycles. The van der Waals surface area contributed by atoms with Crippen LogP contribution in [0.15, 0.2) is 35.7 Å². The number of thiophene rings is 1. The van der Waals surface area contributed by atoms with Crippen LogP contribution in [0.4, 0.5) is 0 Å². The Balaban J connectivity index is 1.31. The summed E-state index contributed by atoms with van der Waals surface area (Å²) < 4.78 is 11.9. The third-order valence-electron chi connectivity index (χ3n) is 7.43. The van der Waals surface area contributed by atoms with Crippen molar-refractivity contribution in [2.75, 3.05) is 32.8 Å². The molecule has 1 saturated heterocycles. The van der Waals surface area contributed by atoms with Crippen molar-refractivity contribution in [2.45, 2.75) is 57.1 Å². The molecule has 2 aliphatic heterocycles. The number of hydrogen-bond donors (Lipinski definition) is 0. The predicted molar refractivity (Wildman–Crippen MR) is 137 cm³/mol. The zero-order valence-electron chi connectivity index (χ0n) is 20.0. The summed E-state index contributed by atoms with van der Waals surface area (Å²) >= 11 is 7.74. The second-order valence-corrected chi connectivity index (χ2v) is 11.2. The third-order valence-corrected chi connectivity index (χ3v) is 8.68. The van der Waals surface area contributed by atoms with E-state index < -0.39 is 0 Å². The molecule has 0 radical (unpaired) electrons. The summed E-state index contributed by atoms with van der Waals surface area (Å²) in [5.74, 6) is 0.864. The van der Waals surface area contributed by atoms with E-state index in [0.29, 0.717) is 24.7 Å². The number of rotatable bonds is 8. The molecular formula is C27H33ClN2O4S. The first-order chi connectivity index (χ1) is 17.1. The van der Waals surface area contributed by atoms with E-state index in [1.807, 2.05) is 17.0 Å². The summed E-state index contributed by atoms with van der Waals surface area (Å²) in [6, 6.07) is 9.20. The van der Waals surface area contributed by atoms with Gasteiger partial charge in [-0.25, -0.2) is 0 Å². The SMILES string of the molecule is O=C(C1CCCC1)N(CC(=O)N1CCc2sccc2[C@H]1COc1ccc(Cl)cc1)C[C@H]1CCCO1. The Hall–Kier alpha value is -2.09. The lowest BCUT2D eigenvalue weighted by molar-refractivity contribution is -0.146. The maximum atomic E-state index is 13.7. The lowest BCUT2D eigenvalue weighted by Gasteiger charge is -2.37. The summed E-state index contributed by atoms with van der Waals surface area (Å²) in [6.45, 7) is 2.34.